The standard InChI is InChI=1S/C25H31FN2/c1-17(2)22(24(6,7)26)16-19(4)28-20(5)25(8)13-11-21(12-14-25)23-18(3)10-9-15-27-23/h9-13,15-16,28H,1,4-5,14H2,2-3,6-8H3/b22-16+. The van der Waals surface area contributed by atoms with E-state index in [9.17, 15) is 4.39 Å². The third-order valence-electron chi connectivity index (χ3n) is 5.08. The summed E-state index contributed by atoms with van der Waals surface area (Å²) in [5.41, 5.74) is 4.14. The average molecular weight is 379 g/mol. The van der Waals surface area contributed by atoms with E-state index in [1.165, 1.54) is 13.8 Å². The first-order valence-electron chi connectivity index (χ1n) is 9.48. The molecule has 1 heterocycles. The van der Waals surface area contributed by atoms with Crippen LogP contribution in [0.25, 0.3) is 5.57 Å². The third kappa shape index (κ3) is 4.98. The first-order valence-corrected chi connectivity index (χ1v) is 9.48. The van der Waals surface area contributed by atoms with E-state index in [1.807, 2.05) is 12.3 Å². The van der Waals surface area contributed by atoms with Gasteiger partial charge in [0.1, 0.15) is 5.67 Å². The van der Waals surface area contributed by atoms with E-state index in [-0.39, 0.29) is 5.41 Å². The van der Waals surface area contributed by atoms with Gasteiger partial charge in [-0.2, -0.15) is 0 Å². The van der Waals surface area contributed by atoms with Gasteiger partial charge in [-0.1, -0.05) is 56.5 Å². The van der Waals surface area contributed by atoms with Gasteiger partial charge in [0.05, 0.1) is 5.69 Å². The van der Waals surface area contributed by atoms with E-state index >= 15 is 0 Å². The maximum atomic E-state index is 14.4. The van der Waals surface area contributed by atoms with Crippen molar-refractivity contribution in [3.63, 3.8) is 0 Å². The zero-order valence-corrected chi connectivity index (χ0v) is 17.7. The molecule has 1 N–H and O–H groups in total. The molecule has 0 fully saturated rings. The van der Waals surface area contributed by atoms with Gasteiger partial charge in [-0.3, -0.25) is 4.98 Å². The van der Waals surface area contributed by atoms with Crippen molar-refractivity contribution in [1.82, 2.24) is 10.3 Å². The van der Waals surface area contributed by atoms with Crippen LogP contribution >= 0.6 is 0 Å². The Balaban J connectivity index is 2.13. The summed E-state index contributed by atoms with van der Waals surface area (Å²) in [5.74, 6) is 0. The molecule has 1 aromatic rings. The molecule has 1 atom stereocenters. The number of hydrogen-bond acceptors (Lipinski definition) is 2. The molecule has 148 valence electrons. The lowest BCUT2D eigenvalue weighted by Crippen LogP contribution is -2.27. The Morgan fingerprint density at radius 1 is 1.32 bits per heavy atom. The molecule has 0 saturated carbocycles. The Kier molecular flexibility index (Phi) is 6.28. The van der Waals surface area contributed by atoms with Crippen LogP contribution in [0, 0.1) is 12.3 Å². The van der Waals surface area contributed by atoms with Crippen LogP contribution < -0.4 is 5.32 Å². The molecule has 0 radical (unpaired) electrons. The topological polar surface area (TPSA) is 24.9 Å². The number of alkyl halides is 1. The van der Waals surface area contributed by atoms with Crippen molar-refractivity contribution in [2.75, 3.05) is 0 Å². The second-order valence-corrected chi connectivity index (χ2v) is 8.22. The second-order valence-electron chi connectivity index (χ2n) is 8.22. The van der Waals surface area contributed by atoms with Gasteiger partial charge in [0.2, 0.25) is 0 Å². The van der Waals surface area contributed by atoms with Crippen molar-refractivity contribution in [1.29, 1.82) is 0 Å². The number of nitrogens with zero attached hydrogens (tertiary/aromatic N) is 1. The highest BCUT2D eigenvalue weighted by Gasteiger charge is 2.28. The van der Waals surface area contributed by atoms with Crippen LogP contribution in [0.5, 0.6) is 0 Å². The van der Waals surface area contributed by atoms with Crippen molar-refractivity contribution in [3.8, 4) is 0 Å². The molecular weight excluding hydrogens is 347 g/mol. The van der Waals surface area contributed by atoms with E-state index < -0.39 is 5.67 Å². The zero-order valence-electron chi connectivity index (χ0n) is 17.7. The van der Waals surface area contributed by atoms with Crippen LogP contribution in [0.4, 0.5) is 4.39 Å². The molecule has 0 bridgehead atoms. The Labute approximate surface area is 169 Å². The lowest BCUT2D eigenvalue weighted by Gasteiger charge is -2.31. The van der Waals surface area contributed by atoms with Gasteiger partial charge in [0.15, 0.2) is 0 Å². The maximum Gasteiger partial charge on any atom is 0.130 e. The number of pyridine rings is 1. The van der Waals surface area contributed by atoms with Gasteiger partial charge in [0.25, 0.3) is 0 Å². The molecule has 1 unspecified atom stereocenters. The minimum atomic E-state index is -1.48. The molecule has 0 aromatic carbocycles. The summed E-state index contributed by atoms with van der Waals surface area (Å²) >= 11 is 0. The molecule has 0 aliphatic heterocycles. The van der Waals surface area contributed by atoms with Crippen molar-refractivity contribution in [2.24, 2.45) is 5.41 Å². The number of aromatic nitrogens is 1. The predicted molar refractivity (Wildman–Crippen MR) is 118 cm³/mol. The number of rotatable bonds is 7. The quantitative estimate of drug-likeness (QED) is 0.540. The molecule has 2 rings (SSSR count). The summed E-state index contributed by atoms with van der Waals surface area (Å²) in [6, 6.07) is 4.01. The second kappa shape index (κ2) is 8.14. The molecule has 28 heavy (non-hydrogen) atoms. The maximum absolute atomic E-state index is 14.4. The van der Waals surface area contributed by atoms with Crippen molar-refractivity contribution < 1.29 is 4.39 Å². The molecule has 1 aliphatic carbocycles. The van der Waals surface area contributed by atoms with Crippen LogP contribution in [0.3, 0.4) is 0 Å². The number of nitrogens with one attached hydrogen (secondary N) is 1. The van der Waals surface area contributed by atoms with E-state index in [1.54, 1.807) is 13.0 Å². The number of hydrogen-bond donors (Lipinski definition) is 1. The highest BCUT2D eigenvalue weighted by molar-refractivity contribution is 5.75. The molecule has 2 nitrogen and oxygen atoms in total. The van der Waals surface area contributed by atoms with Crippen molar-refractivity contribution in [2.45, 2.75) is 46.7 Å². The molecule has 0 amide bonds. The largest absolute Gasteiger partial charge is 0.359 e. The fourth-order valence-electron chi connectivity index (χ4n) is 3.27. The summed E-state index contributed by atoms with van der Waals surface area (Å²) < 4.78 is 14.4. The van der Waals surface area contributed by atoms with Crippen LogP contribution in [0.15, 0.2) is 84.9 Å². The molecule has 1 aromatic heterocycles. The summed E-state index contributed by atoms with van der Waals surface area (Å²) in [5, 5.41) is 3.24. The Bertz CT molecular complexity index is 893. The van der Waals surface area contributed by atoms with Gasteiger partial charge in [-0.15, -0.1) is 0 Å². The van der Waals surface area contributed by atoms with Gasteiger partial charge in [-0.05, 0) is 63.0 Å². The number of allylic oxidation sites excluding steroid dienone is 7. The summed E-state index contributed by atoms with van der Waals surface area (Å²) in [4.78, 5) is 4.49. The Morgan fingerprint density at radius 2 is 2.00 bits per heavy atom. The van der Waals surface area contributed by atoms with Gasteiger partial charge in [-0.25, -0.2) is 4.39 Å². The third-order valence-corrected chi connectivity index (χ3v) is 5.08. The van der Waals surface area contributed by atoms with E-state index in [0.717, 1.165) is 28.9 Å². The van der Waals surface area contributed by atoms with E-state index in [0.29, 0.717) is 16.8 Å². The summed E-state index contributed by atoms with van der Waals surface area (Å²) in [7, 11) is 0. The molecular formula is C25H31FN2. The highest BCUT2D eigenvalue weighted by atomic mass is 19.1. The smallest absolute Gasteiger partial charge is 0.130 e. The number of halogens is 1. The van der Waals surface area contributed by atoms with E-state index in [4.69, 9.17) is 0 Å². The van der Waals surface area contributed by atoms with Crippen LogP contribution in [0.2, 0.25) is 0 Å². The highest BCUT2D eigenvalue weighted by Crippen LogP contribution is 2.37. The van der Waals surface area contributed by atoms with Gasteiger partial charge in [0, 0.05) is 23.0 Å². The van der Waals surface area contributed by atoms with E-state index in [2.05, 4.69) is 68.2 Å². The van der Waals surface area contributed by atoms with Crippen molar-refractivity contribution >= 4 is 5.57 Å². The van der Waals surface area contributed by atoms with Crippen LogP contribution in [0.1, 0.15) is 45.4 Å². The first kappa shape index (κ1) is 21.6. The Morgan fingerprint density at radius 3 is 2.50 bits per heavy atom. The fraction of sp³-hybridized carbons (Fsp3) is 0.320. The minimum absolute atomic E-state index is 0.266. The molecule has 0 spiro atoms. The SMILES string of the molecule is C=C(/C=C(\C(=C)C)C(C)(C)F)NC(=C)C1(C)C=CC(c2ncccc2C)=CC1. The average Bonchev–Trinajstić information content (AvgIpc) is 2.60. The fourth-order valence-corrected chi connectivity index (χ4v) is 3.27. The predicted octanol–water partition coefficient (Wildman–Crippen LogP) is 6.61. The Hall–Kier alpha value is -2.68. The van der Waals surface area contributed by atoms with Gasteiger partial charge >= 0.3 is 0 Å². The van der Waals surface area contributed by atoms with Crippen LogP contribution in [-0.4, -0.2) is 10.7 Å². The summed E-state index contributed by atoms with van der Waals surface area (Å²) in [6.45, 7) is 21.1. The monoisotopic (exact) mass is 378 g/mol. The summed E-state index contributed by atoms with van der Waals surface area (Å²) in [6.07, 6.45) is 10.7. The lowest BCUT2D eigenvalue weighted by atomic mass is 9.78. The molecule has 3 heteroatoms. The minimum Gasteiger partial charge on any atom is -0.359 e. The molecule has 1 aliphatic rings. The first-order chi connectivity index (χ1) is 12.9. The molecule has 0 saturated heterocycles. The van der Waals surface area contributed by atoms with Crippen LogP contribution in [-0.2, 0) is 0 Å². The lowest BCUT2D eigenvalue weighted by molar-refractivity contribution is 0.271. The van der Waals surface area contributed by atoms with Crippen molar-refractivity contribution in [3.05, 3.63) is 96.2 Å². The van der Waals surface area contributed by atoms with Gasteiger partial charge < -0.3 is 5.32 Å². The normalized spacial score (nSPS) is 19.8. The number of aryl methyl sites for hydroxylation is 1. The zero-order chi connectivity index (χ0) is 21.1.